The number of carbonyl (C=O) groups excluding carboxylic acids is 2. The number of esters is 2. The predicted molar refractivity (Wildman–Crippen MR) is 58.8 cm³/mol. The maximum absolute atomic E-state index is 11.1. The van der Waals surface area contributed by atoms with Gasteiger partial charge in [-0.25, -0.2) is 4.79 Å². The molecule has 1 aliphatic heterocycles. The lowest BCUT2D eigenvalue weighted by molar-refractivity contribution is -0.144. The third-order valence-electron chi connectivity index (χ3n) is 2.36. The van der Waals surface area contributed by atoms with Gasteiger partial charge in [-0.05, 0) is 31.8 Å². The fourth-order valence-corrected chi connectivity index (χ4v) is 1.48. The van der Waals surface area contributed by atoms with E-state index in [1.54, 1.807) is 0 Å². The van der Waals surface area contributed by atoms with Crippen molar-refractivity contribution in [3.05, 3.63) is 11.6 Å². The van der Waals surface area contributed by atoms with Crippen LogP contribution in [0.1, 0.15) is 39.0 Å². The molecule has 0 amide bonds. The molecule has 0 N–H and O–H groups in total. The molecular formula is C12H18O4. The molecule has 90 valence electrons. The molecule has 0 aromatic rings. The average molecular weight is 226 g/mol. The van der Waals surface area contributed by atoms with Gasteiger partial charge >= 0.3 is 11.9 Å². The zero-order chi connectivity index (χ0) is 11.8. The maximum atomic E-state index is 11.1. The highest BCUT2D eigenvalue weighted by Gasteiger charge is 2.15. The number of hydrogen-bond acceptors (Lipinski definition) is 4. The Morgan fingerprint density at radius 1 is 1.50 bits per heavy atom. The predicted octanol–water partition coefficient (Wildman–Crippen LogP) is 1.98. The van der Waals surface area contributed by atoms with Gasteiger partial charge < -0.3 is 9.47 Å². The normalized spacial score (nSPS) is 14.6. The fraction of sp³-hybridized carbons (Fsp3) is 0.667. The Labute approximate surface area is 95.6 Å². The minimum absolute atomic E-state index is 0.137. The minimum atomic E-state index is -0.206. The second-order valence-electron chi connectivity index (χ2n) is 3.76. The molecule has 0 aliphatic carbocycles. The summed E-state index contributed by atoms with van der Waals surface area (Å²) >= 11 is 0. The Morgan fingerprint density at radius 3 is 2.94 bits per heavy atom. The Kier molecular flexibility index (Phi) is 5.61. The summed E-state index contributed by atoms with van der Waals surface area (Å²) in [5.41, 5.74) is 0.750. The average Bonchev–Trinajstić information content (AvgIpc) is 2.64. The largest absolute Gasteiger partial charge is 0.466 e. The topological polar surface area (TPSA) is 52.6 Å². The van der Waals surface area contributed by atoms with Crippen molar-refractivity contribution in [2.75, 3.05) is 13.2 Å². The first-order valence-electron chi connectivity index (χ1n) is 5.75. The van der Waals surface area contributed by atoms with Crippen molar-refractivity contribution >= 4 is 11.9 Å². The molecule has 0 bridgehead atoms. The molecule has 0 atom stereocenters. The van der Waals surface area contributed by atoms with E-state index in [9.17, 15) is 9.59 Å². The fourth-order valence-electron chi connectivity index (χ4n) is 1.48. The van der Waals surface area contributed by atoms with Crippen LogP contribution in [0.5, 0.6) is 0 Å². The Hall–Kier alpha value is -1.32. The molecule has 0 radical (unpaired) electrons. The highest BCUT2D eigenvalue weighted by Crippen LogP contribution is 2.14. The van der Waals surface area contributed by atoms with E-state index in [1.807, 2.05) is 13.0 Å². The van der Waals surface area contributed by atoms with E-state index in [0.717, 1.165) is 24.8 Å². The van der Waals surface area contributed by atoms with Crippen molar-refractivity contribution < 1.29 is 19.1 Å². The summed E-state index contributed by atoms with van der Waals surface area (Å²) in [5, 5.41) is 0. The summed E-state index contributed by atoms with van der Waals surface area (Å²) in [7, 11) is 0. The molecule has 1 rings (SSSR count). The van der Waals surface area contributed by atoms with Gasteiger partial charge in [-0.2, -0.15) is 0 Å². The molecule has 0 spiro atoms. The first-order chi connectivity index (χ1) is 7.74. The van der Waals surface area contributed by atoms with Crippen LogP contribution in [0.2, 0.25) is 0 Å². The zero-order valence-electron chi connectivity index (χ0n) is 9.66. The Balaban J connectivity index is 2.00. The van der Waals surface area contributed by atoms with Crippen LogP contribution in [-0.4, -0.2) is 25.2 Å². The summed E-state index contributed by atoms with van der Waals surface area (Å²) in [4.78, 5) is 22.1. The van der Waals surface area contributed by atoms with Crippen LogP contribution in [0.25, 0.3) is 0 Å². The lowest BCUT2D eigenvalue weighted by Crippen LogP contribution is -2.05. The first kappa shape index (κ1) is 12.7. The smallest absolute Gasteiger partial charge is 0.334 e. The summed E-state index contributed by atoms with van der Waals surface area (Å²) in [5.74, 6) is -0.343. The van der Waals surface area contributed by atoms with Gasteiger partial charge in [-0.1, -0.05) is 6.92 Å². The van der Waals surface area contributed by atoms with Crippen LogP contribution in [-0.2, 0) is 19.1 Å². The molecule has 4 heteroatoms. The SMILES string of the molecule is CCCC(=O)OCCCCC1=CCOC1=O. The standard InChI is InChI=1S/C12H18O4/c1-2-5-11(13)15-8-4-3-6-10-7-9-16-12(10)14/h7H,2-6,8-9H2,1H3. The zero-order valence-corrected chi connectivity index (χ0v) is 9.66. The summed E-state index contributed by atoms with van der Waals surface area (Å²) in [6.07, 6.45) is 5.46. The molecule has 0 saturated heterocycles. The number of carbonyl (C=O) groups is 2. The van der Waals surface area contributed by atoms with Gasteiger partial charge in [0, 0.05) is 12.0 Å². The van der Waals surface area contributed by atoms with Crippen LogP contribution in [0.3, 0.4) is 0 Å². The van der Waals surface area contributed by atoms with Gasteiger partial charge in [-0.15, -0.1) is 0 Å². The van der Waals surface area contributed by atoms with Crippen molar-refractivity contribution in [3.8, 4) is 0 Å². The van der Waals surface area contributed by atoms with E-state index >= 15 is 0 Å². The summed E-state index contributed by atoms with van der Waals surface area (Å²) < 4.78 is 9.78. The van der Waals surface area contributed by atoms with Crippen LogP contribution in [0.15, 0.2) is 11.6 Å². The minimum Gasteiger partial charge on any atom is -0.466 e. The lowest BCUT2D eigenvalue weighted by atomic mass is 10.1. The van der Waals surface area contributed by atoms with Gasteiger partial charge in [-0.3, -0.25) is 4.79 Å². The van der Waals surface area contributed by atoms with Crippen molar-refractivity contribution in [2.24, 2.45) is 0 Å². The second-order valence-corrected chi connectivity index (χ2v) is 3.76. The first-order valence-corrected chi connectivity index (χ1v) is 5.75. The van der Waals surface area contributed by atoms with E-state index < -0.39 is 0 Å². The van der Waals surface area contributed by atoms with E-state index in [0.29, 0.717) is 26.1 Å². The molecule has 0 aromatic carbocycles. The third kappa shape index (κ3) is 4.47. The Bertz CT molecular complexity index is 281. The van der Waals surface area contributed by atoms with Gasteiger partial charge in [0.2, 0.25) is 0 Å². The quantitative estimate of drug-likeness (QED) is 0.492. The van der Waals surface area contributed by atoms with Crippen LogP contribution >= 0.6 is 0 Å². The molecule has 4 nitrogen and oxygen atoms in total. The molecule has 1 aliphatic rings. The number of hydrogen-bond donors (Lipinski definition) is 0. The monoisotopic (exact) mass is 226 g/mol. The number of ether oxygens (including phenoxy) is 2. The molecule has 0 saturated carbocycles. The van der Waals surface area contributed by atoms with E-state index in [1.165, 1.54) is 0 Å². The van der Waals surface area contributed by atoms with Gasteiger partial charge in [0.05, 0.1) is 6.61 Å². The van der Waals surface area contributed by atoms with E-state index in [-0.39, 0.29) is 11.9 Å². The van der Waals surface area contributed by atoms with Crippen molar-refractivity contribution in [3.63, 3.8) is 0 Å². The molecule has 0 aromatic heterocycles. The third-order valence-corrected chi connectivity index (χ3v) is 2.36. The summed E-state index contributed by atoms with van der Waals surface area (Å²) in [6, 6.07) is 0. The molecule has 16 heavy (non-hydrogen) atoms. The van der Waals surface area contributed by atoms with Gasteiger partial charge in [0.1, 0.15) is 6.61 Å². The lowest BCUT2D eigenvalue weighted by Gasteiger charge is -2.03. The number of rotatable bonds is 7. The van der Waals surface area contributed by atoms with Crippen molar-refractivity contribution in [1.29, 1.82) is 0 Å². The van der Waals surface area contributed by atoms with Crippen molar-refractivity contribution in [2.45, 2.75) is 39.0 Å². The second kappa shape index (κ2) is 7.04. The van der Waals surface area contributed by atoms with Gasteiger partial charge in [0.15, 0.2) is 0 Å². The van der Waals surface area contributed by atoms with Gasteiger partial charge in [0.25, 0.3) is 0 Å². The molecule has 1 heterocycles. The highest BCUT2D eigenvalue weighted by atomic mass is 16.5. The molecule has 0 fully saturated rings. The van der Waals surface area contributed by atoms with E-state index in [4.69, 9.17) is 9.47 Å². The molecular weight excluding hydrogens is 208 g/mol. The Morgan fingerprint density at radius 2 is 2.31 bits per heavy atom. The molecule has 0 unspecified atom stereocenters. The number of unbranched alkanes of at least 4 members (excludes halogenated alkanes) is 1. The maximum Gasteiger partial charge on any atom is 0.334 e. The highest BCUT2D eigenvalue weighted by molar-refractivity contribution is 5.90. The summed E-state index contributed by atoms with van der Waals surface area (Å²) in [6.45, 7) is 2.79. The van der Waals surface area contributed by atoms with Crippen LogP contribution in [0, 0.1) is 0 Å². The number of cyclic esters (lactones) is 1. The van der Waals surface area contributed by atoms with Crippen LogP contribution < -0.4 is 0 Å². The van der Waals surface area contributed by atoms with Crippen molar-refractivity contribution in [1.82, 2.24) is 0 Å². The van der Waals surface area contributed by atoms with E-state index in [2.05, 4.69) is 0 Å². The van der Waals surface area contributed by atoms with Crippen LogP contribution in [0.4, 0.5) is 0 Å².